The summed E-state index contributed by atoms with van der Waals surface area (Å²) in [6, 6.07) is 7.39. The predicted octanol–water partition coefficient (Wildman–Crippen LogP) is 2.54. The number of unbranched alkanes of at least 4 members (excludes halogenated alkanes) is 2. The lowest BCUT2D eigenvalue weighted by atomic mass is 10.1. The molecule has 29 heavy (non-hydrogen) atoms. The molecule has 0 aliphatic carbocycles. The Bertz CT molecular complexity index is 814. The van der Waals surface area contributed by atoms with Crippen molar-refractivity contribution in [1.29, 1.82) is 0 Å². The number of carbonyl (C=O) groups excluding carboxylic acids is 2. The van der Waals surface area contributed by atoms with Crippen molar-refractivity contribution in [2.75, 3.05) is 39.3 Å². The van der Waals surface area contributed by atoms with E-state index in [-0.39, 0.29) is 23.3 Å². The van der Waals surface area contributed by atoms with Gasteiger partial charge < -0.3 is 14.7 Å². The Morgan fingerprint density at radius 1 is 1.10 bits per heavy atom. The second kappa shape index (κ2) is 10.2. The van der Waals surface area contributed by atoms with E-state index in [0.717, 1.165) is 52.0 Å². The minimum Gasteiger partial charge on any atom is -0.355 e. The zero-order valence-electron chi connectivity index (χ0n) is 16.7. The predicted molar refractivity (Wildman–Crippen MR) is 107 cm³/mol. The molecule has 1 fully saturated rings. The lowest BCUT2D eigenvalue weighted by molar-refractivity contribution is -0.130. The van der Waals surface area contributed by atoms with Crippen LogP contribution in [0.5, 0.6) is 0 Å². The molecule has 3 rings (SSSR count). The average molecular weight is 402 g/mol. The van der Waals surface area contributed by atoms with Gasteiger partial charge in [-0.15, -0.1) is 0 Å². The van der Waals surface area contributed by atoms with Crippen LogP contribution in [-0.4, -0.2) is 66.0 Å². The van der Waals surface area contributed by atoms with Gasteiger partial charge in [-0.05, 0) is 43.7 Å². The lowest BCUT2D eigenvalue weighted by Gasteiger charge is -2.34. The summed E-state index contributed by atoms with van der Waals surface area (Å²) >= 11 is 0. The summed E-state index contributed by atoms with van der Waals surface area (Å²) in [5, 5.41) is 6.64. The molecule has 1 aromatic heterocycles. The molecule has 2 heterocycles. The van der Waals surface area contributed by atoms with Crippen molar-refractivity contribution in [3.05, 3.63) is 41.8 Å². The molecule has 0 radical (unpaired) electrons. The number of aromatic nitrogens is 1. The van der Waals surface area contributed by atoms with Crippen LogP contribution < -0.4 is 5.32 Å². The third-order valence-corrected chi connectivity index (χ3v) is 5.13. The fourth-order valence-electron chi connectivity index (χ4n) is 3.35. The molecule has 7 nitrogen and oxygen atoms in total. The summed E-state index contributed by atoms with van der Waals surface area (Å²) in [5.41, 5.74) is 0.884. The summed E-state index contributed by atoms with van der Waals surface area (Å²) < 4.78 is 18.2. The first-order chi connectivity index (χ1) is 14.0. The summed E-state index contributed by atoms with van der Waals surface area (Å²) in [6.45, 7) is 6.69. The number of benzene rings is 1. The molecule has 2 aromatic rings. The number of halogens is 1. The first-order valence-corrected chi connectivity index (χ1v) is 10.0. The molecular formula is C21H27FN4O3. The van der Waals surface area contributed by atoms with Crippen molar-refractivity contribution in [1.82, 2.24) is 20.3 Å². The number of carbonyl (C=O) groups is 2. The van der Waals surface area contributed by atoms with Gasteiger partial charge in [0.1, 0.15) is 5.82 Å². The smallest absolute Gasteiger partial charge is 0.273 e. The van der Waals surface area contributed by atoms with E-state index in [4.69, 9.17) is 4.52 Å². The largest absolute Gasteiger partial charge is 0.355 e. The van der Waals surface area contributed by atoms with Gasteiger partial charge in [0.2, 0.25) is 5.91 Å². The van der Waals surface area contributed by atoms with Crippen LogP contribution in [0.2, 0.25) is 0 Å². The average Bonchev–Trinajstić information content (AvgIpc) is 3.21. The maximum Gasteiger partial charge on any atom is 0.273 e. The van der Waals surface area contributed by atoms with E-state index >= 15 is 0 Å². The van der Waals surface area contributed by atoms with Crippen LogP contribution in [0.3, 0.4) is 0 Å². The fourth-order valence-corrected chi connectivity index (χ4v) is 3.35. The number of hydrogen-bond donors (Lipinski definition) is 1. The van der Waals surface area contributed by atoms with Crippen molar-refractivity contribution < 1.29 is 18.5 Å². The van der Waals surface area contributed by atoms with Crippen molar-refractivity contribution in [2.24, 2.45) is 0 Å². The maximum atomic E-state index is 13.0. The molecule has 0 spiro atoms. The SMILES string of the molecule is CC(=O)N1CCN(CCCCCNC(=O)c2cc(-c3ccc(F)cc3)on2)CC1. The van der Waals surface area contributed by atoms with Crippen LogP contribution in [-0.2, 0) is 4.79 Å². The molecular weight excluding hydrogens is 375 g/mol. The Balaban J connectivity index is 1.31. The number of nitrogens with one attached hydrogen (secondary N) is 1. The second-order valence-corrected chi connectivity index (χ2v) is 7.25. The normalized spacial score (nSPS) is 14.8. The molecule has 1 aliphatic rings. The standard InChI is InChI=1S/C21H27FN4O3/c1-16(27)26-13-11-25(12-14-26)10-4-2-3-9-23-21(28)19-15-20(29-24-19)17-5-7-18(22)8-6-17/h5-8,15H,2-4,9-14H2,1H3,(H,23,28). The first-order valence-electron chi connectivity index (χ1n) is 10.0. The Morgan fingerprint density at radius 3 is 2.52 bits per heavy atom. The van der Waals surface area contributed by atoms with Gasteiger partial charge in [0.05, 0.1) is 0 Å². The molecule has 0 saturated carbocycles. The minimum atomic E-state index is -0.329. The van der Waals surface area contributed by atoms with Gasteiger partial charge in [-0.1, -0.05) is 11.6 Å². The van der Waals surface area contributed by atoms with E-state index in [1.807, 2.05) is 4.90 Å². The van der Waals surface area contributed by atoms with Crippen LogP contribution in [0.25, 0.3) is 11.3 Å². The number of nitrogens with zero attached hydrogens (tertiary/aromatic N) is 3. The summed E-state index contributed by atoms with van der Waals surface area (Å²) in [5.74, 6) is -0.0238. The summed E-state index contributed by atoms with van der Waals surface area (Å²) in [4.78, 5) is 27.8. The van der Waals surface area contributed by atoms with Gasteiger partial charge in [-0.2, -0.15) is 0 Å². The third-order valence-electron chi connectivity index (χ3n) is 5.13. The Kier molecular flexibility index (Phi) is 7.35. The summed E-state index contributed by atoms with van der Waals surface area (Å²) in [6.07, 6.45) is 2.98. The molecule has 0 unspecified atom stereocenters. The van der Waals surface area contributed by atoms with Crippen molar-refractivity contribution in [3.63, 3.8) is 0 Å². The van der Waals surface area contributed by atoms with Crippen LogP contribution >= 0.6 is 0 Å². The van der Waals surface area contributed by atoms with Crippen LogP contribution in [0.1, 0.15) is 36.7 Å². The van der Waals surface area contributed by atoms with Gasteiger partial charge in [0.15, 0.2) is 11.5 Å². The van der Waals surface area contributed by atoms with Gasteiger partial charge in [-0.3, -0.25) is 14.5 Å². The number of rotatable bonds is 8. The minimum absolute atomic E-state index is 0.150. The van der Waals surface area contributed by atoms with Crippen molar-refractivity contribution >= 4 is 11.8 Å². The Hall–Kier alpha value is -2.74. The zero-order chi connectivity index (χ0) is 20.6. The van der Waals surface area contributed by atoms with Gasteiger partial charge in [0.25, 0.3) is 5.91 Å². The molecule has 0 atom stereocenters. The molecule has 1 N–H and O–H groups in total. The Labute approximate surface area is 169 Å². The van der Waals surface area contributed by atoms with Crippen LogP contribution in [0.15, 0.2) is 34.9 Å². The lowest BCUT2D eigenvalue weighted by Crippen LogP contribution is -2.48. The second-order valence-electron chi connectivity index (χ2n) is 7.25. The quantitative estimate of drug-likeness (QED) is 0.687. The first kappa shape index (κ1) is 21.0. The molecule has 0 bridgehead atoms. The third kappa shape index (κ3) is 6.12. The number of hydrogen-bond acceptors (Lipinski definition) is 5. The van der Waals surface area contributed by atoms with Crippen LogP contribution in [0, 0.1) is 5.82 Å². The molecule has 1 aromatic carbocycles. The Morgan fingerprint density at radius 2 is 1.83 bits per heavy atom. The van der Waals surface area contributed by atoms with Crippen molar-refractivity contribution in [3.8, 4) is 11.3 Å². The highest BCUT2D eigenvalue weighted by Crippen LogP contribution is 2.20. The van der Waals surface area contributed by atoms with E-state index in [2.05, 4.69) is 15.4 Å². The molecule has 156 valence electrons. The highest BCUT2D eigenvalue weighted by molar-refractivity contribution is 5.93. The highest BCUT2D eigenvalue weighted by Gasteiger charge is 2.18. The fraction of sp³-hybridized carbons (Fsp3) is 0.476. The van der Waals surface area contributed by atoms with E-state index in [9.17, 15) is 14.0 Å². The van der Waals surface area contributed by atoms with E-state index in [1.54, 1.807) is 25.1 Å². The topological polar surface area (TPSA) is 78.7 Å². The number of amides is 2. The molecule has 1 saturated heterocycles. The van der Waals surface area contributed by atoms with Gasteiger partial charge >= 0.3 is 0 Å². The van der Waals surface area contributed by atoms with Gasteiger partial charge in [0, 0.05) is 51.3 Å². The zero-order valence-corrected chi connectivity index (χ0v) is 16.7. The van der Waals surface area contributed by atoms with E-state index < -0.39 is 0 Å². The van der Waals surface area contributed by atoms with Gasteiger partial charge in [-0.25, -0.2) is 4.39 Å². The molecule has 2 amide bonds. The summed E-state index contributed by atoms with van der Waals surface area (Å²) in [7, 11) is 0. The van der Waals surface area contributed by atoms with Crippen LogP contribution in [0.4, 0.5) is 4.39 Å². The van der Waals surface area contributed by atoms with E-state index in [0.29, 0.717) is 17.9 Å². The van der Waals surface area contributed by atoms with E-state index in [1.165, 1.54) is 12.1 Å². The molecule has 1 aliphatic heterocycles. The maximum absolute atomic E-state index is 13.0. The number of piperazine rings is 1. The highest BCUT2D eigenvalue weighted by atomic mass is 19.1. The van der Waals surface area contributed by atoms with Crippen molar-refractivity contribution in [2.45, 2.75) is 26.2 Å². The molecule has 8 heteroatoms. The monoisotopic (exact) mass is 402 g/mol.